The van der Waals surface area contributed by atoms with Crippen LogP contribution in [-0.2, 0) is 0 Å². The number of hydrogen-bond donors (Lipinski definition) is 1. The quantitative estimate of drug-likeness (QED) is 0.724. The van der Waals surface area contributed by atoms with E-state index in [0.717, 1.165) is 30.0 Å². The Balaban J connectivity index is 1.27. The number of nitrogens with zero attached hydrogens (tertiary/aromatic N) is 5. The van der Waals surface area contributed by atoms with Crippen LogP contribution in [0, 0.1) is 0 Å². The Morgan fingerprint density at radius 1 is 1.00 bits per heavy atom. The van der Waals surface area contributed by atoms with E-state index in [1.165, 1.54) is 12.8 Å². The Morgan fingerprint density at radius 2 is 1.79 bits per heavy atom. The van der Waals surface area contributed by atoms with Crippen LogP contribution >= 0.6 is 11.6 Å². The molecule has 1 N–H and O–H groups in total. The molecule has 3 heterocycles. The highest BCUT2D eigenvalue weighted by molar-refractivity contribution is 6.33. The fourth-order valence-electron chi connectivity index (χ4n) is 3.77. The fourth-order valence-corrected chi connectivity index (χ4v) is 3.95. The van der Waals surface area contributed by atoms with E-state index < -0.39 is 0 Å². The van der Waals surface area contributed by atoms with E-state index >= 15 is 0 Å². The van der Waals surface area contributed by atoms with Crippen LogP contribution in [0.15, 0.2) is 36.4 Å². The van der Waals surface area contributed by atoms with Gasteiger partial charge in [-0.1, -0.05) is 23.7 Å². The minimum absolute atomic E-state index is 0.119. The molecule has 2 aliphatic rings. The van der Waals surface area contributed by atoms with Gasteiger partial charge in [0.1, 0.15) is 0 Å². The number of amides is 2. The lowest BCUT2D eigenvalue weighted by atomic mass is 9.96. The highest BCUT2D eigenvalue weighted by Crippen LogP contribution is 2.39. The zero-order chi connectivity index (χ0) is 19.1. The number of nitrogens with one attached hydrogen (secondary N) is 1. The molecule has 1 aliphatic heterocycles. The third-order valence-corrected chi connectivity index (χ3v) is 5.90. The number of carbonyl (C=O) groups excluding carboxylic acids is 1. The van der Waals surface area contributed by atoms with Crippen LogP contribution in [0.25, 0.3) is 5.65 Å². The van der Waals surface area contributed by atoms with Gasteiger partial charge in [-0.15, -0.1) is 10.2 Å². The molecule has 0 unspecified atom stereocenters. The average molecular weight is 397 g/mol. The first-order chi connectivity index (χ1) is 13.7. The van der Waals surface area contributed by atoms with Crippen LogP contribution in [0.2, 0.25) is 5.02 Å². The highest BCUT2D eigenvalue weighted by atomic mass is 35.5. The highest BCUT2D eigenvalue weighted by Gasteiger charge is 2.29. The predicted molar refractivity (Wildman–Crippen MR) is 107 cm³/mol. The van der Waals surface area contributed by atoms with Crippen molar-refractivity contribution in [3.63, 3.8) is 0 Å². The molecule has 2 amide bonds. The number of benzene rings is 1. The van der Waals surface area contributed by atoms with E-state index in [1.54, 1.807) is 12.1 Å². The number of hydrogen-bond acceptors (Lipinski definition) is 4. The first-order valence-corrected chi connectivity index (χ1v) is 10.1. The first kappa shape index (κ1) is 17.4. The number of aromatic nitrogens is 4. The molecule has 2 aromatic heterocycles. The normalized spacial score (nSPS) is 17.8. The first-order valence-electron chi connectivity index (χ1n) is 9.72. The summed E-state index contributed by atoms with van der Waals surface area (Å²) >= 11 is 6.13. The minimum atomic E-state index is -0.119. The molecule has 2 fully saturated rings. The van der Waals surface area contributed by atoms with Crippen LogP contribution in [0.5, 0.6) is 0 Å². The summed E-state index contributed by atoms with van der Waals surface area (Å²) in [4.78, 5) is 14.4. The maximum absolute atomic E-state index is 12.6. The number of anilines is 1. The van der Waals surface area contributed by atoms with Crippen molar-refractivity contribution in [2.75, 3.05) is 18.4 Å². The van der Waals surface area contributed by atoms with Crippen molar-refractivity contribution in [1.29, 1.82) is 0 Å². The molecular weight excluding hydrogens is 376 g/mol. The van der Waals surface area contributed by atoms with Gasteiger partial charge in [-0.2, -0.15) is 9.61 Å². The maximum Gasteiger partial charge on any atom is 0.321 e. The Labute approximate surface area is 167 Å². The number of carbonyl (C=O) groups is 1. The number of halogens is 1. The van der Waals surface area contributed by atoms with Gasteiger partial charge < -0.3 is 10.2 Å². The largest absolute Gasteiger partial charge is 0.324 e. The number of urea groups is 1. The van der Waals surface area contributed by atoms with Gasteiger partial charge in [0.15, 0.2) is 11.5 Å². The maximum atomic E-state index is 12.6. The molecule has 5 rings (SSSR count). The third-order valence-electron chi connectivity index (χ3n) is 5.57. The van der Waals surface area contributed by atoms with Gasteiger partial charge >= 0.3 is 6.03 Å². The number of para-hydroxylation sites is 1. The number of rotatable bonds is 3. The van der Waals surface area contributed by atoms with Gasteiger partial charge in [-0.3, -0.25) is 0 Å². The predicted octanol–water partition coefficient (Wildman–Crippen LogP) is 4.07. The van der Waals surface area contributed by atoms with Crippen molar-refractivity contribution >= 4 is 29.0 Å². The third kappa shape index (κ3) is 3.30. The lowest BCUT2D eigenvalue weighted by molar-refractivity contribution is 0.193. The second-order valence-corrected chi connectivity index (χ2v) is 7.94. The van der Waals surface area contributed by atoms with Crippen molar-refractivity contribution < 1.29 is 4.79 Å². The van der Waals surface area contributed by atoms with Crippen molar-refractivity contribution in [3.05, 3.63) is 52.9 Å². The van der Waals surface area contributed by atoms with Crippen molar-refractivity contribution in [1.82, 2.24) is 24.7 Å². The average Bonchev–Trinajstić information content (AvgIpc) is 3.49. The molecule has 3 aromatic rings. The van der Waals surface area contributed by atoms with E-state index in [9.17, 15) is 4.79 Å². The van der Waals surface area contributed by atoms with Gasteiger partial charge in [0, 0.05) is 24.9 Å². The van der Waals surface area contributed by atoms with E-state index in [1.807, 2.05) is 27.6 Å². The summed E-state index contributed by atoms with van der Waals surface area (Å²) in [5.74, 6) is 1.75. The van der Waals surface area contributed by atoms with E-state index in [-0.39, 0.29) is 11.9 Å². The molecule has 1 aliphatic carbocycles. The van der Waals surface area contributed by atoms with Crippen molar-refractivity contribution in [2.24, 2.45) is 0 Å². The molecule has 1 saturated heterocycles. The number of piperidine rings is 1. The summed E-state index contributed by atoms with van der Waals surface area (Å²) in [7, 11) is 0. The van der Waals surface area contributed by atoms with E-state index in [2.05, 4.69) is 21.6 Å². The second-order valence-electron chi connectivity index (χ2n) is 7.53. The van der Waals surface area contributed by atoms with Gasteiger partial charge in [0.2, 0.25) is 0 Å². The standard InChI is InChI=1S/C20H21ClN6O/c21-15-3-1-2-4-17(15)22-20(28)26-11-9-14(10-12-26)19-24-23-18-8-7-16(13-5-6-13)25-27(18)19/h1-4,7-8,13-14H,5-6,9-12H2,(H,22,28). The molecule has 1 aromatic carbocycles. The number of fused-ring (bicyclic) bond motifs is 1. The molecular formula is C20H21ClN6O. The second kappa shape index (κ2) is 7.05. The van der Waals surface area contributed by atoms with Crippen LogP contribution in [-0.4, -0.2) is 43.8 Å². The van der Waals surface area contributed by atoms with Crippen LogP contribution in [0.1, 0.15) is 49.0 Å². The zero-order valence-corrected chi connectivity index (χ0v) is 16.1. The molecule has 0 spiro atoms. The molecule has 144 valence electrons. The molecule has 28 heavy (non-hydrogen) atoms. The SMILES string of the molecule is O=C(Nc1ccccc1Cl)N1CCC(c2nnc3ccc(C4CC4)nn23)CC1. The summed E-state index contributed by atoms with van der Waals surface area (Å²) in [6, 6.07) is 11.2. The Hall–Kier alpha value is -2.67. The zero-order valence-electron chi connectivity index (χ0n) is 15.4. The summed E-state index contributed by atoms with van der Waals surface area (Å²) in [6.45, 7) is 1.33. The summed E-state index contributed by atoms with van der Waals surface area (Å²) in [6.07, 6.45) is 4.11. The summed E-state index contributed by atoms with van der Waals surface area (Å²) in [5, 5.41) is 16.9. The lowest BCUT2D eigenvalue weighted by Crippen LogP contribution is -2.40. The van der Waals surface area contributed by atoms with Crippen LogP contribution in [0.3, 0.4) is 0 Å². The Morgan fingerprint density at radius 3 is 2.54 bits per heavy atom. The van der Waals surface area contributed by atoms with Crippen LogP contribution < -0.4 is 5.32 Å². The smallest absolute Gasteiger partial charge is 0.321 e. The topological polar surface area (TPSA) is 75.4 Å². The van der Waals surface area contributed by atoms with Gasteiger partial charge in [-0.25, -0.2) is 4.79 Å². The van der Waals surface area contributed by atoms with Gasteiger partial charge in [0.05, 0.1) is 16.4 Å². The van der Waals surface area contributed by atoms with E-state index in [4.69, 9.17) is 16.7 Å². The minimum Gasteiger partial charge on any atom is -0.324 e. The Kier molecular flexibility index (Phi) is 4.39. The molecule has 7 nitrogen and oxygen atoms in total. The molecule has 0 atom stereocenters. The van der Waals surface area contributed by atoms with Crippen molar-refractivity contribution in [2.45, 2.75) is 37.5 Å². The number of likely N-dealkylation sites (tertiary alicyclic amines) is 1. The van der Waals surface area contributed by atoms with E-state index in [0.29, 0.717) is 29.7 Å². The Bertz CT molecular complexity index is 1020. The molecule has 8 heteroatoms. The summed E-state index contributed by atoms with van der Waals surface area (Å²) in [5.41, 5.74) is 2.56. The fraction of sp³-hybridized carbons (Fsp3) is 0.400. The summed E-state index contributed by atoms with van der Waals surface area (Å²) < 4.78 is 1.90. The lowest BCUT2D eigenvalue weighted by Gasteiger charge is -2.31. The van der Waals surface area contributed by atoms with Crippen molar-refractivity contribution in [3.8, 4) is 0 Å². The van der Waals surface area contributed by atoms with Crippen LogP contribution in [0.4, 0.5) is 10.5 Å². The van der Waals surface area contributed by atoms with Gasteiger partial charge in [0.25, 0.3) is 0 Å². The molecule has 0 radical (unpaired) electrons. The molecule has 0 bridgehead atoms. The van der Waals surface area contributed by atoms with Gasteiger partial charge in [-0.05, 0) is 49.9 Å². The monoisotopic (exact) mass is 396 g/mol. The molecule has 1 saturated carbocycles.